The van der Waals surface area contributed by atoms with Crippen LogP contribution in [0.4, 0.5) is 5.00 Å². The van der Waals surface area contributed by atoms with Gasteiger partial charge in [-0.2, -0.15) is 0 Å². The van der Waals surface area contributed by atoms with Crippen molar-refractivity contribution in [1.29, 1.82) is 0 Å². The molecule has 5 aromatic rings. The molecule has 1 amide bonds. The van der Waals surface area contributed by atoms with Crippen molar-refractivity contribution < 1.29 is 18.7 Å². The molecule has 0 aliphatic rings. The summed E-state index contributed by atoms with van der Waals surface area (Å²) in [6.07, 6.45) is 1.62. The average Bonchev–Trinajstić information content (AvgIpc) is 3.57. The Bertz CT molecular complexity index is 1540. The number of nitrogens with zero attached hydrogens (tertiary/aromatic N) is 1. The Hall–Kier alpha value is -4.10. The van der Waals surface area contributed by atoms with Gasteiger partial charge in [0.15, 0.2) is 5.58 Å². The zero-order valence-corrected chi connectivity index (χ0v) is 21.1. The largest absolute Gasteiger partial charge is 0.463 e. The number of anilines is 1. The highest BCUT2D eigenvalue weighted by Gasteiger charge is 2.25. The second-order valence-corrected chi connectivity index (χ2v) is 9.55. The summed E-state index contributed by atoms with van der Waals surface area (Å²) in [5.74, 6) is -0.787. The topological polar surface area (TPSA) is 73.5 Å². The van der Waals surface area contributed by atoms with Gasteiger partial charge in [0.05, 0.1) is 18.4 Å². The van der Waals surface area contributed by atoms with E-state index in [-0.39, 0.29) is 12.5 Å². The number of thiophene rings is 1. The minimum atomic E-state index is -0.464. The number of esters is 1. The molecule has 0 aliphatic heterocycles. The van der Waals surface area contributed by atoms with Gasteiger partial charge in [-0.05, 0) is 31.9 Å². The van der Waals surface area contributed by atoms with E-state index in [0.29, 0.717) is 28.4 Å². The number of fused-ring (bicyclic) bond motifs is 1. The lowest BCUT2D eigenvalue weighted by molar-refractivity contribution is 0.0529. The van der Waals surface area contributed by atoms with Gasteiger partial charge in [-0.1, -0.05) is 59.7 Å². The number of hydrogen-bond donors (Lipinski definition) is 1. The van der Waals surface area contributed by atoms with E-state index in [2.05, 4.69) is 29.6 Å². The maximum Gasteiger partial charge on any atom is 0.341 e. The van der Waals surface area contributed by atoms with Crippen LogP contribution in [0.2, 0.25) is 0 Å². The van der Waals surface area contributed by atoms with Crippen LogP contribution in [0.15, 0.2) is 76.7 Å². The molecule has 5 rings (SSSR count). The lowest BCUT2D eigenvalue weighted by atomic mass is 10.0. The van der Waals surface area contributed by atoms with Gasteiger partial charge < -0.3 is 19.0 Å². The summed E-state index contributed by atoms with van der Waals surface area (Å²) in [6.45, 7) is 6.57. The zero-order valence-electron chi connectivity index (χ0n) is 20.3. The highest BCUT2D eigenvalue weighted by atomic mass is 32.1. The summed E-state index contributed by atoms with van der Waals surface area (Å²) in [4.78, 5) is 26.5. The SMILES string of the molecule is CCOC(=O)c1c(-c2ccc(C)cc2)csc1NC(=O)c1cc2occc2n1Cc1ccc(C)cc1. The normalized spacial score (nSPS) is 11.1. The summed E-state index contributed by atoms with van der Waals surface area (Å²) < 4.78 is 12.9. The van der Waals surface area contributed by atoms with E-state index in [0.717, 1.165) is 27.8 Å². The lowest BCUT2D eigenvalue weighted by Gasteiger charge is -2.12. The van der Waals surface area contributed by atoms with Crippen LogP contribution < -0.4 is 5.32 Å². The molecule has 2 aromatic carbocycles. The maximum absolute atomic E-state index is 13.6. The first kappa shape index (κ1) is 23.6. The van der Waals surface area contributed by atoms with Gasteiger partial charge in [-0.15, -0.1) is 11.3 Å². The summed E-state index contributed by atoms with van der Waals surface area (Å²) in [7, 11) is 0. The third-order valence-electron chi connectivity index (χ3n) is 6.08. The molecule has 0 atom stereocenters. The van der Waals surface area contributed by atoms with Crippen LogP contribution in [-0.2, 0) is 11.3 Å². The van der Waals surface area contributed by atoms with E-state index in [1.54, 1.807) is 19.3 Å². The quantitative estimate of drug-likeness (QED) is 0.244. The molecule has 3 heterocycles. The molecule has 1 N–H and O–H groups in total. The van der Waals surface area contributed by atoms with Crippen molar-refractivity contribution in [3.8, 4) is 11.1 Å². The molecule has 0 spiro atoms. The predicted octanol–water partition coefficient (Wildman–Crippen LogP) is 7.06. The third-order valence-corrected chi connectivity index (χ3v) is 6.97. The van der Waals surface area contributed by atoms with Crippen LogP contribution in [0, 0.1) is 13.8 Å². The standard InChI is InChI=1S/C29H26N2O4S/c1-4-34-29(33)26-22(21-11-7-19(3)8-12-21)17-36-28(26)30-27(32)24-15-25-23(13-14-35-25)31(24)16-20-9-5-18(2)6-10-20/h5-15,17H,4,16H2,1-3H3,(H,30,32). The van der Waals surface area contributed by atoms with Crippen molar-refractivity contribution >= 4 is 39.3 Å². The van der Waals surface area contributed by atoms with E-state index in [1.165, 1.54) is 16.9 Å². The smallest absolute Gasteiger partial charge is 0.341 e. The highest BCUT2D eigenvalue weighted by Crippen LogP contribution is 2.37. The maximum atomic E-state index is 13.6. The van der Waals surface area contributed by atoms with E-state index < -0.39 is 5.97 Å². The Kier molecular flexibility index (Phi) is 6.48. The molecular weight excluding hydrogens is 472 g/mol. The summed E-state index contributed by atoms with van der Waals surface area (Å²) in [5.41, 5.74) is 7.26. The lowest BCUT2D eigenvalue weighted by Crippen LogP contribution is -2.19. The molecule has 182 valence electrons. The molecule has 6 nitrogen and oxygen atoms in total. The van der Waals surface area contributed by atoms with Crippen molar-refractivity contribution in [1.82, 2.24) is 4.57 Å². The van der Waals surface area contributed by atoms with Gasteiger partial charge in [0.25, 0.3) is 5.91 Å². The van der Waals surface area contributed by atoms with Crippen LogP contribution in [0.3, 0.4) is 0 Å². The molecule has 0 saturated carbocycles. The first-order valence-corrected chi connectivity index (χ1v) is 12.6. The zero-order chi connectivity index (χ0) is 25.2. The number of carbonyl (C=O) groups excluding carboxylic acids is 2. The fraction of sp³-hybridized carbons (Fsp3) is 0.172. The molecule has 0 fully saturated rings. The molecule has 3 aromatic heterocycles. The minimum Gasteiger partial charge on any atom is -0.463 e. The number of aryl methyl sites for hydroxylation is 2. The fourth-order valence-corrected chi connectivity index (χ4v) is 5.13. The number of benzene rings is 2. The first-order chi connectivity index (χ1) is 17.4. The number of hydrogen-bond acceptors (Lipinski definition) is 5. The Morgan fingerprint density at radius 3 is 2.39 bits per heavy atom. The van der Waals surface area contributed by atoms with Crippen molar-refractivity contribution in [2.24, 2.45) is 0 Å². The fourth-order valence-electron chi connectivity index (χ4n) is 4.18. The summed E-state index contributed by atoms with van der Waals surface area (Å²) in [6, 6.07) is 19.7. The van der Waals surface area contributed by atoms with Crippen LogP contribution in [0.25, 0.3) is 22.2 Å². The molecule has 0 unspecified atom stereocenters. The Morgan fingerprint density at radius 2 is 1.69 bits per heavy atom. The van der Waals surface area contributed by atoms with E-state index >= 15 is 0 Å². The average molecular weight is 499 g/mol. The number of amides is 1. The molecule has 0 radical (unpaired) electrons. The molecule has 0 saturated heterocycles. The number of furan rings is 1. The van der Waals surface area contributed by atoms with Crippen molar-refractivity contribution in [2.75, 3.05) is 11.9 Å². The number of nitrogens with one attached hydrogen (secondary N) is 1. The van der Waals surface area contributed by atoms with Gasteiger partial charge in [-0.25, -0.2) is 4.79 Å². The molecule has 36 heavy (non-hydrogen) atoms. The second-order valence-electron chi connectivity index (χ2n) is 8.67. The van der Waals surface area contributed by atoms with Gasteiger partial charge in [-0.3, -0.25) is 4.79 Å². The Labute approximate surface area is 213 Å². The predicted molar refractivity (Wildman–Crippen MR) is 143 cm³/mol. The Balaban J connectivity index is 1.51. The van der Waals surface area contributed by atoms with Crippen LogP contribution in [0.1, 0.15) is 44.5 Å². The van der Waals surface area contributed by atoms with Crippen molar-refractivity contribution in [2.45, 2.75) is 27.3 Å². The first-order valence-electron chi connectivity index (χ1n) is 11.7. The van der Waals surface area contributed by atoms with Gasteiger partial charge in [0.2, 0.25) is 0 Å². The van der Waals surface area contributed by atoms with Gasteiger partial charge >= 0.3 is 5.97 Å². The number of rotatable bonds is 7. The van der Waals surface area contributed by atoms with Crippen molar-refractivity contribution in [3.63, 3.8) is 0 Å². The van der Waals surface area contributed by atoms with Gasteiger partial charge in [0, 0.05) is 29.6 Å². The monoisotopic (exact) mass is 498 g/mol. The second kappa shape index (κ2) is 9.87. The van der Waals surface area contributed by atoms with E-state index in [1.807, 2.05) is 54.1 Å². The summed E-state index contributed by atoms with van der Waals surface area (Å²) >= 11 is 1.31. The van der Waals surface area contributed by atoms with Gasteiger partial charge in [0.1, 0.15) is 16.3 Å². The van der Waals surface area contributed by atoms with Crippen LogP contribution in [-0.4, -0.2) is 23.1 Å². The van der Waals surface area contributed by atoms with Crippen LogP contribution in [0.5, 0.6) is 0 Å². The molecular formula is C29H26N2O4S. The number of ether oxygens (including phenoxy) is 1. The summed E-state index contributed by atoms with van der Waals surface area (Å²) in [5, 5.41) is 5.30. The molecule has 0 bridgehead atoms. The van der Waals surface area contributed by atoms with Crippen molar-refractivity contribution in [3.05, 3.63) is 100 Å². The third kappa shape index (κ3) is 4.57. The number of carbonyl (C=O) groups is 2. The number of aromatic nitrogens is 1. The molecule has 0 aliphatic carbocycles. The van der Waals surface area contributed by atoms with E-state index in [9.17, 15) is 9.59 Å². The Morgan fingerprint density at radius 1 is 1.00 bits per heavy atom. The van der Waals surface area contributed by atoms with Crippen LogP contribution >= 0.6 is 11.3 Å². The minimum absolute atomic E-state index is 0.241. The highest BCUT2D eigenvalue weighted by molar-refractivity contribution is 7.15. The molecule has 7 heteroatoms. The van der Waals surface area contributed by atoms with E-state index in [4.69, 9.17) is 9.15 Å².